The van der Waals surface area contributed by atoms with Crippen molar-refractivity contribution in [2.24, 2.45) is 16.3 Å². The third-order valence-corrected chi connectivity index (χ3v) is 7.22. The first-order valence-electron chi connectivity index (χ1n) is 9.37. The minimum Gasteiger partial charge on any atom is -0.377 e. The fourth-order valence-corrected chi connectivity index (χ4v) is 5.43. The van der Waals surface area contributed by atoms with Crippen LogP contribution < -0.4 is 5.32 Å². The van der Waals surface area contributed by atoms with Crippen LogP contribution in [0.5, 0.6) is 0 Å². The van der Waals surface area contributed by atoms with Gasteiger partial charge in [0.05, 0.1) is 6.10 Å². The van der Waals surface area contributed by atoms with E-state index in [1.807, 2.05) is 7.05 Å². The number of rotatable bonds is 4. The molecule has 2 saturated carbocycles. The second-order valence-corrected chi connectivity index (χ2v) is 8.58. The van der Waals surface area contributed by atoms with E-state index >= 15 is 0 Å². The second kappa shape index (κ2) is 8.27. The summed E-state index contributed by atoms with van der Waals surface area (Å²) in [5, 5.41) is 3.80. The van der Waals surface area contributed by atoms with Crippen LogP contribution in [-0.2, 0) is 11.3 Å². The molecule has 0 amide bonds. The average molecular weight is 487 g/mol. The van der Waals surface area contributed by atoms with E-state index in [1.165, 1.54) is 36.1 Å². The number of nitrogens with one attached hydrogen (secondary N) is 1. The molecule has 1 N–H and O–H groups in total. The van der Waals surface area contributed by atoms with E-state index in [-0.39, 0.29) is 24.0 Å². The van der Waals surface area contributed by atoms with Crippen molar-refractivity contribution in [2.45, 2.75) is 49.3 Å². The molecule has 144 valence electrons. The number of fused-ring (bicyclic) bond motifs is 2. The quantitative estimate of drug-likeness (QED) is 0.302. The van der Waals surface area contributed by atoms with Gasteiger partial charge in [-0.2, -0.15) is 0 Å². The molecule has 4 nitrogen and oxygen atoms in total. The summed E-state index contributed by atoms with van der Waals surface area (Å²) in [6, 6.07) is 9.36. The van der Waals surface area contributed by atoms with Gasteiger partial charge in [-0.15, -0.1) is 35.7 Å². The van der Waals surface area contributed by atoms with Crippen LogP contribution in [0.1, 0.15) is 31.2 Å². The number of benzene rings is 1. The Morgan fingerprint density at radius 1 is 1.35 bits per heavy atom. The summed E-state index contributed by atoms with van der Waals surface area (Å²) < 4.78 is 6.04. The Balaban J connectivity index is 0.00000196. The molecule has 6 heteroatoms. The fraction of sp³-hybridized carbons (Fsp3) is 0.650. The molecule has 3 unspecified atom stereocenters. The Morgan fingerprint density at radius 2 is 2.08 bits per heavy atom. The van der Waals surface area contributed by atoms with Gasteiger partial charge >= 0.3 is 0 Å². The topological polar surface area (TPSA) is 36.9 Å². The molecule has 3 atom stereocenters. The van der Waals surface area contributed by atoms with Crippen molar-refractivity contribution in [3.8, 4) is 0 Å². The summed E-state index contributed by atoms with van der Waals surface area (Å²) in [5.74, 6) is 1.68. The first kappa shape index (κ1) is 20.3. The fourth-order valence-electron chi connectivity index (χ4n) is 5.02. The normalized spacial score (nSPS) is 28.6. The van der Waals surface area contributed by atoms with E-state index in [2.05, 4.69) is 52.8 Å². The number of halogens is 1. The molecule has 1 aromatic rings. The van der Waals surface area contributed by atoms with Gasteiger partial charge in [0.25, 0.3) is 0 Å². The van der Waals surface area contributed by atoms with Gasteiger partial charge in [0.2, 0.25) is 0 Å². The summed E-state index contributed by atoms with van der Waals surface area (Å²) >= 11 is 1.78. The van der Waals surface area contributed by atoms with Crippen molar-refractivity contribution in [3.63, 3.8) is 0 Å². The monoisotopic (exact) mass is 487 g/mol. The lowest BCUT2D eigenvalue weighted by molar-refractivity contribution is -0.171. The van der Waals surface area contributed by atoms with Gasteiger partial charge in [-0.25, -0.2) is 0 Å². The third kappa shape index (κ3) is 3.37. The predicted octanol–water partition coefficient (Wildman–Crippen LogP) is 3.99. The molecule has 0 aromatic heterocycles. The molecular weight excluding hydrogens is 457 g/mol. The van der Waals surface area contributed by atoms with E-state index < -0.39 is 0 Å². The van der Waals surface area contributed by atoms with E-state index in [1.54, 1.807) is 11.8 Å². The zero-order valence-corrected chi connectivity index (χ0v) is 19.1. The van der Waals surface area contributed by atoms with Crippen molar-refractivity contribution < 1.29 is 4.74 Å². The van der Waals surface area contributed by atoms with Crippen LogP contribution in [0.25, 0.3) is 0 Å². The molecule has 0 bridgehead atoms. The molecule has 3 aliphatic rings. The molecule has 0 radical (unpaired) electrons. The second-order valence-electron chi connectivity index (χ2n) is 7.70. The van der Waals surface area contributed by atoms with Gasteiger partial charge in [0.1, 0.15) is 0 Å². The Bertz CT molecular complexity index is 647. The molecule has 2 aliphatic carbocycles. The van der Waals surface area contributed by atoms with Gasteiger partial charge in [-0.1, -0.05) is 18.6 Å². The maximum Gasteiger partial charge on any atom is 0.193 e. The minimum absolute atomic E-state index is 0. The zero-order valence-electron chi connectivity index (χ0n) is 15.9. The summed E-state index contributed by atoms with van der Waals surface area (Å²) in [7, 11) is 4.02. The molecule has 1 heterocycles. The molecule has 4 rings (SSSR count). The molecule has 1 aromatic carbocycles. The lowest BCUT2D eigenvalue weighted by atomic mass is 9.46. The molecule has 3 fully saturated rings. The molecule has 26 heavy (non-hydrogen) atoms. The highest BCUT2D eigenvalue weighted by atomic mass is 127. The van der Waals surface area contributed by atoms with Crippen molar-refractivity contribution >= 4 is 41.7 Å². The van der Waals surface area contributed by atoms with Gasteiger partial charge in [0, 0.05) is 49.5 Å². The summed E-state index contributed by atoms with van der Waals surface area (Å²) in [6.07, 6.45) is 7.77. The van der Waals surface area contributed by atoms with Gasteiger partial charge in [-0.3, -0.25) is 4.99 Å². The van der Waals surface area contributed by atoms with E-state index in [0.717, 1.165) is 19.1 Å². The Kier molecular flexibility index (Phi) is 6.45. The lowest BCUT2D eigenvalue weighted by Gasteiger charge is -2.63. The first-order chi connectivity index (χ1) is 12.2. The standard InChI is InChI=1S/C20H29N3OS.HI/c1-21-19(23(2)13-14-5-7-15(25-3)8-6-14)22-17-16-9-12-24-18(16)20(17)10-4-11-20;/h5-8,16-18H,4,9-13H2,1-3H3,(H,21,22);1H. The van der Waals surface area contributed by atoms with Gasteiger partial charge < -0.3 is 15.0 Å². The van der Waals surface area contributed by atoms with Crippen LogP contribution >= 0.6 is 35.7 Å². The summed E-state index contributed by atoms with van der Waals surface area (Å²) in [4.78, 5) is 8.11. The zero-order chi connectivity index (χ0) is 17.4. The van der Waals surface area contributed by atoms with E-state index in [4.69, 9.17) is 4.74 Å². The largest absolute Gasteiger partial charge is 0.377 e. The number of aliphatic imine (C=N–C) groups is 1. The van der Waals surface area contributed by atoms with Gasteiger partial charge in [-0.05, 0) is 43.2 Å². The molecule has 1 spiro atoms. The van der Waals surface area contributed by atoms with E-state index in [0.29, 0.717) is 23.5 Å². The van der Waals surface area contributed by atoms with Crippen LogP contribution in [0, 0.1) is 11.3 Å². The number of thioether (sulfide) groups is 1. The Morgan fingerprint density at radius 3 is 2.65 bits per heavy atom. The number of guanidine groups is 1. The Labute approximate surface area is 178 Å². The lowest BCUT2D eigenvalue weighted by Crippen LogP contribution is -2.72. The molecule has 1 aliphatic heterocycles. The highest BCUT2D eigenvalue weighted by Gasteiger charge is 2.66. The maximum absolute atomic E-state index is 6.04. The number of hydrogen-bond acceptors (Lipinski definition) is 3. The smallest absolute Gasteiger partial charge is 0.193 e. The maximum atomic E-state index is 6.04. The van der Waals surface area contributed by atoms with Gasteiger partial charge in [0.15, 0.2) is 5.96 Å². The Hall–Kier alpha value is -0.470. The average Bonchev–Trinajstić information content (AvgIpc) is 3.00. The van der Waals surface area contributed by atoms with Crippen LogP contribution in [-0.4, -0.2) is 50.0 Å². The number of nitrogens with zero attached hydrogens (tertiary/aromatic N) is 2. The minimum atomic E-state index is 0. The van der Waals surface area contributed by atoms with Crippen LogP contribution in [0.3, 0.4) is 0 Å². The number of ether oxygens (including phenoxy) is 1. The van der Waals surface area contributed by atoms with Crippen molar-refractivity contribution in [1.82, 2.24) is 10.2 Å². The predicted molar refractivity (Wildman–Crippen MR) is 120 cm³/mol. The summed E-state index contributed by atoms with van der Waals surface area (Å²) in [6.45, 7) is 1.81. The van der Waals surface area contributed by atoms with Crippen molar-refractivity contribution in [3.05, 3.63) is 29.8 Å². The first-order valence-corrected chi connectivity index (χ1v) is 10.6. The molecular formula is C20H30IN3OS. The van der Waals surface area contributed by atoms with Crippen molar-refractivity contribution in [1.29, 1.82) is 0 Å². The highest BCUT2D eigenvalue weighted by molar-refractivity contribution is 14.0. The third-order valence-electron chi connectivity index (χ3n) is 6.47. The van der Waals surface area contributed by atoms with Crippen LogP contribution in [0.2, 0.25) is 0 Å². The van der Waals surface area contributed by atoms with Crippen LogP contribution in [0.4, 0.5) is 0 Å². The summed E-state index contributed by atoms with van der Waals surface area (Å²) in [5.41, 5.74) is 1.70. The molecule has 1 saturated heterocycles. The van der Waals surface area contributed by atoms with E-state index in [9.17, 15) is 0 Å². The highest BCUT2D eigenvalue weighted by Crippen LogP contribution is 2.62. The van der Waals surface area contributed by atoms with Crippen molar-refractivity contribution in [2.75, 3.05) is 27.0 Å². The van der Waals surface area contributed by atoms with Crippen LogP contribution in [0.15, 0.2) is 34.2 Å². The SMILES string of the molecule is CN=C(NC1C2CCOC2C12CCC2)N(C)Cc1ccc(SC)cc1.I. The number of hydrogen-bond donors (Lipinski definition) is 1.